The highest BCUT2D eigenvalue weighted by Crippen LogP contribution is 2.26. The molecule has 0 amide bonds. The molecule has 0 heterocycles. The van der Waals surface area contributed by atoms with Crippen molar-refractivity contribution in [3.63, 3.8) is 0 Å². The van der Waals surface area contributed by atoms with Crippen molar-refractivity contribution in [3.05, 3.63) is 0 Å². The van der Waals surface area contributed by atoms with Crippen molar-refractivity contribution in [2.24, 2.45) is 0 Å². The van der Waals surface area contributed by atoms with Gasteiger partial charge in [0.05, 0.1) is 6.10 Å². The van der Waals surface area contributed by atoms with Crippen molar-refractivity contribution in [2.75, 3.05) is 5.75 Å². The van der Waals surface area contributed by atoms with Gasteiger partial charge in [0.15, 0.2) is 0 Å². The van der Waals surface area contributed by atoms with Crippen molar-refractivity contribution >= 4 is 12.0 Å². The molecule has 0 saturated heterocycles. The largest absolute Gasteiger partial charge is 0.312 e. The molecule has 66 valence electrons. The first-order valence-electron chi connectivity index (χ1n) is 4.71. The molecule has 1 saturated carbocycles. The molecule has 2 heteroatoms. The van der Waals surface area contributed by atoms with Crippen LogP contribution in [0.2, 0.25) is 0 Å². The molecule has 0 aromatic carbocycles. The molecule has 1 aliphatic carbocycles. The summed E-state index contributed by atoms with van der Waals surface area (Å²) in [5, 5.41) is 0. The van der Waals surface area contributed by atoms with E-state index < -0.39 is 0 Å². The summed E-state index contributed by atoms with van der Waals surface area (Å²) in [4.78, 5) is 0. The molecular formula is C9H18OS. The van der Waals surface area contributed by atoms with Crippen LogP contribution in [-0.4, -0.2) is 11.9 Å². The molecule has 1 nitrogen and oxygen atoms in total. The van der Waals surface area contributed by atoms with Crippen LogP contribution < -0.4 is 0 Å². The summed E-state index contributed by atoms with van der Waals surface area (Å²) in [5.74, 6) is 1.18. The zero-order valence-corrected chi connectivity index (χ0v) is 8.16. The van der Waals surface area contributed by atoms with Gasteiger partial charge in [-0.25, -0.2) is 0 Å². The Morgan fingerprint density at radius 2 is 2.18 bits per heavy atom. The van der Waals surface area contributed by atoms with Gasteiger partial charge in [-0.15, -0.1) is 0 Å². The Bertz CT molecular complexity index is 91.6. The summed E-state index contributed by atoms with van der Waals surface area (Å²) in [7, 11) is 0. The van der Waals surface area contributed by atoms with Gasteiger partial charge in [-0.1, -0.05) is 19.8 Å². The SMILES string of the molecule is CCCCCSOC1CCC1. The van der Waals surface area contributed by atoms with E-state index in [2.05, 4.69) is 6.92 Å². The second-order valence-corrected chi connectivity index (χ2v) is 4.01. The van der Waals surface area contributed by atoms with Crippen LogP contribution in [0.25, 0.3) is 0 Å². The molecule has 0 bridgehead atoms. The molecule has 0 N–H and O–H groups in total. The van der Waals surface area contributed by atoms with Gasteiger partial charge in [0.1, 0.15) is 0 Å². The van der Waals surface area contributed by atoms with E-state index in [-0.39, 0.29) is 0 Å². The Kier molecular flexibility index (Phi) is 5.04. The summed E-state index contributed by atoms with van der Waals surface area (Å²) < 4.78 is 5.54. The van der Waals surface area contributed by atoms with Crippen molar-refractivity contribution in [1.29, 1.82) is 0 Å². The standard InChI is InChI=1S/C9H18OS/c1-2-3-4-8-11-10-9-6-5-7-9/h9H,2-8H2,1H3. The first-order chi connectivity index (χ1) is 5.43. The molecule has 1 fully saturated rings. The van der Waals surface area contributed by atoms with Crippen molar-refractivity contribution in [1.82, 2.24) is 0 Å². The van der Waals surface area contributed by atoms with E-state index >= 15 is 0 Å². The van der Waals surface area contributed by atoms with Gasteiger partial charge in [-0.05, 0) is 37.7 Å². The highest BCUT2D eigenvalue weighted by Gasteiger charge is 2.17. The van der Waals surface area contributed by atoms with Crippen molar-refractivity contribution in [3.8, 4) is 0 Å². The Morgan fingerprint density at radius 1 is 1.36 bits per heavy atom. The molecular weight excluding hydrogens is 156 g/mol. The van der Waals surface area contributed by atoms with Crippen LogP contribution in [0, 0.1) is 0 Å². The van der Waals surface area contributed by atoms with Gasteiger partial charge in [0.2, 0.25) is 0 Å². The summed E-state index contributed by atoms with van der Waals surface area (Å²) in [5.41, 5.74) is 0. The lowest BCUT2D eigenvalue weighted by Crippen LogP contribution is -2.18. The van der Waals surface area contributed by atoms with E-state index in [9.17, 15) is 0 Å². The summed E-state index contributed by atoms with van der Waals surface area (Å²) in [6.07, 6.45) is 8.53. The van der Waals surface area contributed by atoms with E-state index in [0.717, 1.165) is 0 Å². The zero-order chi connectivity index (χ0) is 7.94. The minimum Gasteiger partial charge on any atom is -0.312 e. The fourth-order valence-electron chi connectivity index (χ4n) is 1.02. The van der Waals surface area contributed by atoms with Gasteiger partial charge in [-0.2, -0.15) is 0 Å². The second kappa shape index (κ2) is 5.90. The average Bonchev–Trinajstić information content (AvgIpc) is 1.93. The third kappa shape index (κ3) is 4.02. The van der Waals surface area contributed by atoms with Crippen LogP contribution in [0.1, 0.15) is 45.4 Å². The molecule has 0 atom stereocenters. The average molecular weight is 174 g/mol. The van der Waals surface area contributed by atoms with E-state index in [1.165, 1.54) is 44.3 Å². The third-order valence-electron chi connectivity index (χ3n) is 2.09. The molecule has 0 spiro atoms. The first kappa shape index (κ1) is 9.40. The Balaban J connectivity index is 1.73. The lowest BCUT2D eigenvalue weighted by molar-refractivity contribution is 0.148. The van der Waals surface area contributed by atoms with Gasteiger partial charge in [0.25, 0.3) is 0 Å². The van der Waals surface area contributed by atoms with Crippen LogP contribution in [-0.2, 0) is 4.18 Å². The van der Waals surface area contributed by atoms with Crippen LogP contribution in [0.3, 0.4) is 0 Å². The second-order valence-electron chi connectivity index (χ2n) is 3.18. The van der Waals surface area contributed by atoms with Crippen LogP contribution in [0.5, 0.6) is 0 Å². The lowest BCUT2D eigenvalue weighted by Gasteiger charge is -2.24. The van der Waals surface area contributed by atoms with Gasteiger partial charge < -0.3 is 4.18 Å². The van der Waals surface area contributed by atoms with Crippen molar-refractivity contribution < 1.29 is 4.18 Å². The summed E-state index contributed by atoms with van der Waals surface area (Å²) >= 11 is 1.68. The molecule has 0 aliphatic heterocycles. The van der Waals surface area contributed by atoms with Gasteiger partial charge >= 0.3 is 0 Å². The van der Waals surface area contributed by atoms with E-state index in [1.807, 2.05) is 0 Å². The van der Waals surface area contributed by atoms with Crippen LogP contribution in [0.4, 0.5) is 0 Å². The molecule has 11 heavy (non-hydrogen) atoms. The molecule has 1 aliphatic rings. The third-order valence-corrected chi connectivity index (χ3v) is 2.95. The maximum Gasteiger partial charge on any atom is 0.0722 e. The Labute approximate surface area is 74.1 Å². The zero-order valence-electron chi connectivity index (χ0n) is 7.34. The van der Waals surface area contributed by atoms with E-state index in [1.54, 1.807) is 12.0 Å². The minimum absolute atomic E-state index is 0.599. The molecule has 0 aromatic heterocycles. The molecule has 0 radical (unpaired) electrons. The lowest BCUT2D eigenvalue weighted by atomic mass is 9.97. The smallest absolute Gasteiger partial charge is 0.0722 e. The maximum atomic E-state index is 5.54. The predicted molar refractivity (Wildman–Crippen MR) is 50.7 cm³/mol. The summed E-state index contributed by atoms with van der Waals surface area (Å²) in [6, 6.07) is 0. The number of hydrogen-bond donors (Lipinski definition) is 0. The highest BCUT2D eigenvalue weighted by atomic mass is 32.2. The van der Waals surface area contributed by atoms with E-state index in [0.29, 0.717) is 6.10 Å². The van der Waals surface area contributed by atoms with Gasteiger partial charge in [0, 0.05) is 5.75 Å². The summed E-state index contributed by atoms with van der Waals surface area (Å²) in [6.45, 7) is 2.23. The number of hydrogen-bond acceptors (Lipinski definition) is 2. The Morgan fingerprint density at radius 3 is 2.73 bits per heavy atom. The molecule has 0 aromatic rings. The first-order valence-corrected chi connectivity index (χ1v) is 5.63. The fraction of sp³-hybridized carbons (Fsp3) is 1.00. The maximum absolute atomic E-state index is 5.54. The van der Waals surface area contributed by atoms with E-state index in [4.69, 9.17) is 4.18 Å². The van der Waals surface area contributed by atoms with Crippen LogP contribution >= 0.6 is 12.0 Å². The predicted octanol–water partition coefficient (Wildman–Crippen LogP) is 3.39. The number of unbranched alkanes of at least 4 members (excludes halogenated alkanes) is 2. The minimum atomic E-state index is 0.599. The normalized spacial score (nSPS) is 18.3. The van der Waals surface area contributed by atoms with Gasteiger partial charge in [-0.3, -0.25) is 0 Å². The quantitative estimate of drug-likeness (QED) is 0.451. The monoisotopic (exact) mass is 174 g/mol. The highest BCUT2D eigenvalue weighted by molar-refractivity contribution is 7.94. The molecule has 0 unspecified atom stereocenters. The number of rotatable bonds is 6. The Hall–Kier alpha value is 0.310. The molecule has 1 rings (SSSR count). The fourth-order valence-corrected chi connectivity index (χ4v) is 1.83. The van der Waals surface area contributed by atoms with Crippen LogP contribution in [0.15, 0.2) is 0 Å². The topological polar surface area (TPSA) is 9.23 Å². The van der Waals surface area contributed by atoms with Crippen molar-refractivity contribution in [2.45, 2.75) is 51.6 Å².